The molecule has 30 heavy (non-hydrogen) atoms. The molecule has 1 heterocycles. The van der Waals surface area contributed by atoms with Gasteiger partial charge in [0.1, 0.15) is 30.0 Å². The molecule has 154 valence electrons. The molecule has 0 fully saturated rings. The number of hydrogen-bond acceptors (Lipinski definition) is 4. The van der Waals surface area contributed by atoms with E-state index in [0.717, 1.165) is 16.5 Å². The van der Waals surface area contributed by atoms with E-state index in [-0.39, 0.29) is 12.4 Å². The molecule has 0 saturated heterocycles. The molecular formula is C24H21ClFNO3. The van der Waals surface area contributed by atoms with Gasteiger partial charge >= 0.3 is 0 Å². The first kappa shape index (κ1) is 20.4. The van der Waals surface area contributed by atoms with Crippen LogP contribution in [0.15, 0.2) is 77.4 Å². The highest BCUT2D eigenvalue weighted by Gasteiger charge is 2.11. The van der Waals surface area contributed by atoms with Gasteiger partial charge in [-0.15, -0.1) is 0 Å². The second-order valence-corrected chi connectivity index (χ2v) is 7.48. The lowest BCUT2D eigenvalue weighted by Crippen LogP contribution is -2.31. The van der Waals surface area contributed by atoms with Crippen LogP contribution in [0.4, 0.5) is 4.39 Å². The number of ether oxygens (including phenoxy) is 1. The highest BCUT2D eigenvalue weighted by Crippen LogP contribution is 2.32. The quantitative estimate of drug-likeness (QED) is 0.395. The number of hydrogen-bond donors (Lipinski definition) is 2. The molecule has 0 saturated carbocycles. The highest BCUT2D eigenvalue weighted by molar-refractivity contribution is 6.30. The minimum absolute atomic E-state index is 0.154. The van der Waals surface area contributed by atoms with Crippen LogP contribution in [0.1, 0.15) is 5.56 Å². The van der Waals surface area contributed by atoms with E-state index in [9.17, 15) is 9.50 Å². The summed E-state index contributed by atoms with van der Waals surface area (Å²) in [6, 6.07) is 19.5. The summed E-state index contributed by atoms with van der Waals surface area (Å²) in [7, 11) is 0. The van der Waals surface area contributed by atoms with E-state index in [2.05, 4.69) is 5.32 Å². The second-order valence-electron chi connectivity index (χ2n) is 7.05. The fourth-order valence-electron chi connectivity index (χ4n) is 3.21. The third-order valence-corrected chi connectivity index (χ3v) is 4.97. The lowest BCUT2D eigenvalue weighted by molar-refractivity contribution is 0.106. The van der Waals surface area contributed by atoms with Crippen molar-refractivity contribution in [3.63, 3.8) is 0 Å². The van der Waals surface area contributed by atoms with Gasteiger partial charge in [-0.2, -0.15) is 0 Å². The second kappa shape index (κ2) is 9.30. The molecule has 1 aromatic heterocycles. The Morgan fingerprint density at radius 3 is 2.73 bits per heavy atom. The molecule has 0 bridgehead atoms. The fourth-order valence-corrected chi connectivity index (χ4v) is 3.34. The molecule has 4 nitrogen and oxygen atoms in total. The molecule has 0 amide bonds. The highest BCUT2D eigenvalue weighted by atomic mass is 35.5. The predicted octanol–water partition coefficient (Wildman–Crippen LogP) is 5.42. The SMILES string of the molecule is O[C@H](CNCc1ccc(Cl)cc1)COc1cccc(-c2occ3cc(F)ccc23)c1. The summed E-state index contributed by atoms with van der Waals surface area (Å²) >= 11 is 5.88. The van der Waals surface area contributed by atoms with E-state index in [1.165, 1.54) is 18.4 Å². The van der Waals surface area contributed by atoms with Crippen molar-refractivity contribution >= 4 is 22.4 Å². The predicted molar refractivity (Wildman–Crippen MR) is 116 cm³/mol. The van der Waals surface area contributed by atoms with Gasteiger partial charge in [0, 0.05) is 34.4 Å². The van der Waals surface area contributed by atoms with Gasteiger partial charge in [-0.1, -0.05) is 35.9 Å². The van der Waals surface area contributed by atoms with Crippen molar-refractivity contribution in [3.05, 3.63) is 89.4 Å². The van der Waals surface area contributed by atoms with Crippen LogP contribution in [0.2, 0.25) is 5.02 Å². The monoisotopic (exact) mass is 425 g/mol. The molecule has 3 aromatic carbocycles. The van der Waals surface area contributed by atoms with Gasteiger partial charge in [-0.05, 0) is 48.0 Å². The summed E-state index contributed by atoms with van der Waals surface area (Å²) in [6.45, 7) is 1.19. The summed E-state index contributed by atoms with van der Waals surface area (Å²) in [5.74, 6) is 0.974. The number of aliphatic hydroxyl groups excluding tert-OH is 1. The number of nitrogens with one attached hydrogen (secondary N) is 1. The Morgan fingerprint density at radius 1 is 1.07 bits per heavy atom. The molecule has 1 atom stereocenters. The van der Waals surface area contributed by atoms with Crippen LogP contribution < -0.4 is 10.1 Å². The van der Waals surface area contributed by atoms with Gasteiger partial charge in [0.15, 0.2) is 0 Å². The van der Waals surface area contributed by atoms with Gasteiger partial charge in [0.05, 0.1) is 6.26 Å². The van der Waals surface area contributed by atoms with E-state index in [4.69, 9.17) is 20.8 Å². The number of rotatable bonds is 8. The number of aliphatic hydroxyl groups is 1. The number of fused-ring (bicyclic) bond motifs is 1. The number of halogens is 2. The molecular weight excluding hydrogens is 405 g/mol. The number of furan rings is 1. The van der Waals surface area contributed by atoms with Crippen LogP contribution in [-0.2, 0) is 6.54 Å². The third kappa shape index (κ3) is 5.00. The number of benzene rings is 3. The maximum atomic E-state index is 13.4. The van der Waals surface area contributed by atoms with E-state index in [0.29, 0.717) is 35.0 Å². The molecule has 2 N–H and O–H groups in total. The summed E-state index contributed by atoms with van der Waals surface area (Å²) in [4.78, 5) is 0. The first-order valence-electron chi connectivity index (χ1n) is 9.62. The zero-order chi connectivity index (χ0) is 20.9. The van der Waals surface area contributed by atoms with E-state index < -0.39 is 6.10 Å². The summed E-state index contributed by atoms with van der Waals surface area (Å²) in [5, 5.41) is 15.6. The molecule has 4 rings (SSSR count). The van der Waals surface area contributed by atoms with Crippen molar-refractivity contribution in [2.24, 2.45) is 0 Å². The molecule has 6 heteroatoms. The molecule has 0 aliphatic carbocycles. The van der Waals surface area contributed by atoms with Gasteiger partial charge < -0.3 is 19.6 Å². The van der Waals surface area contributed by atoms with Gasteiger partial charge in [-0.25, -0.2) is 4.39 Å². The average Bonchev–Trinajstić information content (AvgIpc) is 3.17. The largest absolute Gasteiger partial charge is 0.491 e. The van der Waals surface area contributed by atoms with Crippen LogP contribution in [-0.4, -0.2) is 24.4 Å². The minimum Gasteiger partial charge on any atom is -0.491 e. The van der Waals surface area contributed by atoms with Crippen molar-refractivity contribution in [1.29, 1.82) is 0 Å². The maximum Gasteiger partial charge on any atom is 0.141 e. The lowest BCUT2D eigenvalue weighted by atomic mass is 10.1. The molecule has 0 unspecified atom stereocenters. The van der Waals surface area contributed by atoms with Crippen LogP contribution in [0, 0.1) is 5.82 Å². The van der Waals surface area contributed by atoms with Gasteiger partial charge in [0.2, 0.25) is 0 Å². The topological polar surface area (TPSA) is 54.6 Å². The van der Waals surface area contributed by atoms with E-state index >= 15 is 0 Å². The standard InChI is InChI=1S/C24H21ClFNO3/c25-19-6-4-16(5-7-19)12-27-13-21(28)15-29-22-3-1-2-17(11-22)24-23-9-8-20(26)10-18(23)14-30-24/h1-11,14,21,27-28H,12-13,15H2/t21-/m1/s1. The Labute approximate surface area is 178 Å². The first-order chi connectivity index (χ1) is 14.6. The van der Waals surface area contributed by atoms with Gasteiger partial charge in [-0.3, -0.25) is 0 Å². The van der Waals surface area contributed by atoms with Gasteiger partial charge in [0.25, 0.3) is 0 Å². The summed E-state index contributed by atoms with van der Waals surface area (Å²) in [6.07, 6.45) is 0.880. The Balaban J connectivity index is 1.33. The zero-order valence-electron chi connectivity index (χ0n) is 16.1. The first-order valence-corrected chi connectivity index (χ1v) is 9.99. The Hall–Kier alpha value is -2.86. The third-order valence-electron chi connectivity index (χ3n) is 4.72. The van der Waals surface area contributed by atoms with Crippen molar-refractivity contribution in [3.8, 4) is 17.1 Å². The average molecular weight is 426 g/mol. The lowest BCUT2D eigenvalue weighted by Gasteiger charge is -2.14. The van der Waals surface area contributed by atoms with E-state index in [1.54, 1.807) is 6.07 Å². The molecule has 0 aliphatic heterocycles. The van der Waals surface area contributed by atoms with Crippen molar-refractivity contribution in [1.82, 2.24) is 5.32 Å². The Morgan fingerprint density at radius 2 is 1.90 bits per heavy atom. The zero-order valence-corrected chi connectivity index (χ0v) is 16.9. The fraction of sp³-hybridized carbons (Fsp3) is 0.167. The summed E-state index contributed by atoms with van der Waals surface area (Å²) < 4.78 is 24.8. The maximum absolute atomic E-state index is 13.4. The van der Waals surface area contributed by atoms with Crippen molar-refractivity contribution in [2.75, 3.05) is 13.2 Å². The smallest absolute Gasteiger partial charge is 0.141 e. The normalized spacial score (nSPS) is 12.2. The Bertz CT molecular complexity index is 1130. The van der Waals surface area contributed by atoms with Crippen LogP contribution >= 0.6 is 11.6 Å². The molecule has 0 spiro atoms. The molecule has 0 radical (unpaired) electrons. The van der Waals surface area contributed by atoms with Crippen LogP contribution in [0.5, 0.6) is 5.75 Å². The van der Waals surface area contributed by atoms with Crippen molar-refractivity contribution < 1.29 is 18.7 Å². The summed E-state index contributed by atoms with van der Waals surface area (Å²) in [5.41, 5.74) is 1.91. The van der Waals surface area contributed by atoms with Crippen LogP contribution in [0.25, 0.3) is 22.1 Å². The Kier molecular flexibility index (Phi) is 6.33. The minimum atomic E-state index is -0.659. The van der Waals surface area contributed by atoms with Crippen molar-refractivity contribution in [2.45, 2.75) is 12.6 Å². The molecule has 0 aliphatic rings. The van der Waals surface area contributed by atoms with Crippen LogP contribution in [0.3, 0.4) is 0 Å². The van der Waals surface area contributed by atoms with E-state index in [1.807, 2.05) is 48.5 Å². The molecule has 4 aromatic rings.